The minimum absolute atomic E-state index is 0.0602. The minimum Gasteiger partial charge on any atom is -0.448 e. The fraction of sp³-hybridized carbons (Fsp3) is 0.474. The largest absolute Gasteiger partial charge is 0.448 e. The van der Waals surface area contributed by atoms with Gasteiger partial charge in [0.1, 0.15) is 13.2 Å². The van der Waals surface area contributed by atoms with Gasteiger partial charge in [-0.25, -0.2) is 4.79 Å². The van der Waals surface area contributed by atoms with Crippen molar-refractivity contribution in [2.24, 2.45) is 0 Å². The van der Waals surface area contributed by atoms with Crippen LogP contribution in [0.25, 0.3) is 6.08 Å². The van der Waals surface area contributed by atoms with Crippen LogP contribution in [0.4, 0.5) is 4.79 Å². The summed E-state index contributed by atoms with van der Waals surface area (Å²) in [5.41, 5.74) is 1.09. The lowest BCUT2D eigenvalue weighted by molar-refractivity contribution is -0.132. The first-order valence-corrected chi connectivity index (χ1v) is 8.75. The highest BCUT2D eigenvalue weighted by Gasteiger charge is 2.28. The van der Waals surface area contributed by atoms with Crippen molar-refractivity contribution in [3.63, 3.8) is 0 Å². The van der Waals surface area contributed by atoms with Gasteiger partial charge >= 0.3 is 6.09 Å². The average Bonchev–Trinajstić information content (AvgIpc) is 3.27. The summed E-state index contributed by atoms with van der Waals surface area (Å²) in [6.45, 7) is 2.69. The molecule has 2 saturated heterocycles. The van der Waals surface area contributed by atoms with E-state index in [4.69, 9.17) is 9.47 Å². The van der Waals surface area contributed by atoms with Crippen LogP contribution in [0.2, 0.25) is 0 Å². The molecular weight excluding hydrogens is 320 g/mol. The normalized spacial score (nSPS) is 20.2. The second-order valence-electron chi connectivity index (χ2n) is 6.28. The third-order valence-corrected chi connectivity index (χ3v) is 4.41. The van der Waals surface area contributed by atoms with Gasteiger partial charge in [0, 0.05) is 19.7 Å². The van der Waals surface area contributed by atoms with Gasteiger partial charge < -0.3 is 14.4 Å². The summed E-state index contributed by atoms with van der Waals surface area (Å²) in [6, 6.07) is 9.97. The molecule has 0 spiro atoms. The second-order valence-corrected chi connectivity index (χ2v) is 6.28. The van der Waals surface area contributed by atoms with E-state index in [0.717, 1.165) is 25.0 Å². The Morgan fingerprint density at radius 3 is 2.80 bits per heavy atom. The van der Waals surface area contributed by atoms with Gasteiger partial charge in [-0.3, -0.25) is 9.69 Å². The van der Waals surface area contributed by atoms with Crippen molar-refractivity contribution >= 4 is 18.1 Å². The van der Waals surface area contributed by atoms with Gasteiger partial charge in [0.05, 0.1) is 12.6 Å². The van der Waals surface area contributed by atoms with Gasteiger partial charge in [0.25, 0.3) is 0 Å². The third kappa shape index (κ3) is 5.06. The molecule has 0 unspecified atom stereocenters. The van der Waals surface area contributed by atoms with E-state index in [-0.39, 0.29) is 18.6 Å². The maximum Gasteiger partial charge on any atom is 0.410 e. The Morgan fingerprint density at radius 2 is 2.12 bits per heavy atom. The summed E-state index contributed by atoms with van der Waals surface area (Å²) < 4.78 is 10.6. The van der Waals surface area contributed by atoms with Crippen LogP contribution < -0.4 is 0 Å². The first kappa shape index (κ1) is 17.5. The second kappa shape index (κ2) is 8.67. The standard InChI is InChI=1S/C19H24N2O4/c22-18(15-21-11-13-25-19(21)23)20(14-17-9-5-12-24-17)10-4-8-16-6-2-1-3-7-16/h1-4,6-8,17H,5,9-15H2/b8-4+/t17-/m0/s1. The Balaban J connectivity index is 1.60. The van der Waals surface area contributed by atoms with Crippen molar-refractivity contribution < 1.29 is 19.1 Å². The Morgan fingerprint density at radius 1 is 1.28 bits per heavy atom. The Bertz CT molecular complexity index is 611. The summed E-state index contributed by atoms with van der Waals surface area (Å²) in [6.07, 6.45) is 5.65. The monoisotopic (exact) mass is 344 g/mol. The van der Waals surface area contributed by atoms with Gasteiger partial charge in [0.15, 0.2) is 0 Å². The van der Waals surface area contributed by atoms with Crippen LogP contribution >= 0.6 is 0 Å². The highest BCUT2D eigenvalue weighted by atomic mass is 16.6. The fourth-order valence-corrected chi connectivity index (χ4v) is 3.03. The van der Waals surface area contributed by atoms with Crippen molar-refractivity contribution in [3.05, 3.63) is 42.0 Å². The van der Waals surface area contributed by atoms with Crippen LogP contribution in [0.1, 0.15) is 18.4 Å². The topological polar surface area (TPSA) is 59.1 Å². The van der Waals surface area contributed by atoms with Crippen LogP contribution in [-0.4, -0.2) is 67.3 Å². The molecule has 2 aliphatic rings. The van der Waals surface area contributed by atoms with Crippen molar-refractivity contribution in [1.82, 2.24) is 9.80 Å². The number of amides is 2. The SMILES string of the molecule is O=C(CN1CCOC1=O)N(C/C=C/c1ccccc1)C[C@@H]1CCCO1. The molecule has 25 heavy (non-hydrogen) atoms. The predicted molar refractivity (Wildman–Crippen MR) is 94.0 cm³/mol. The number of hydrogen-bond donors (Lipinski definition) is 0. The van der Waals surface area contributed by atoms with Gasteiger partial charge in [-0.1, -0.05) is 42.5 Å². The Labute approximate surface area is 148 Å². The molecule has 0 aliphatic carbocycles. The molecule has 3 rings (SSSR count). The summed E-state index contributed by atoms with van der Waals surface area (Å²) in [7, 11) is 0. The Hall–Kier alpha value is -2.34. The molecule has 1 aromatic carbocycles. The molecule has 2 heterocycles. The lowest BCUT2D eigenvalue weighted by Crippen LogP contribution is -2.44. The lowest BCUT2D eigenvalue weighted by Gasteiger charge is -2.26. The average molecular weight is 344 g/mol. The van der Waals surface area contributed by atoms with E-state index in [1.807, 2.05) is 42.5 Å². The van der Waals surface area contributed by atoms with Crippen molar-refractivity contribution in [2.75, 3.05) is 39.4 Å². The molecule has 2 aliphatic heterocycles. The molecule has 0 radical (unpaired) electrons. The van der Waals surface area contributed by atoms with E-state index in [9.17, 15) is 9.59 Å². The van der Waals surface area contributed by atoms with Gasteiger partial charge in [-0.2, -0.15) is 0 Å². The molecule has 2 amide bonds. The molecule has 1 aromatic rings. The summed E-state index contributed by atoms with van der Waals surface area (Å²) >= 11 is 0. The number of ether oxygens (including phenoxy) is 2. The first-order chi connectivity index (χ1) is 12.2. The smallest absolute Gasteiger partial charge is 0.410 e. The first-order valence-electron chi connectivity index (χ1n) is 8.75. The molecule has 2 fully saturated rings. The van der Waals surface area contributed by atoms with E-state index < -0.39 is 6.09 Å². The van der Waals surface area contributed by atoms with Crippen molar-refractivity contribution in [1.29, 1.82) is 0 Å². The number of cyclic esters (lactones) is 1. The van der Waals surface area contributed by atoms with Crippen LogP contribution in [0, 0.1) is 0 Å². The van der Waals surface area contributed by atoms with E-state index in [1.165, 1.54) is 4.90 Å². The molecule has 0 saturated carbocycles. The summed E-state index contributed by atoms with van der Waals surface area (Å²) in [4.78, 5) is 27.4. The lowest BCUT2D eigenvalue weighted by atomic mass is 10.2. The number of carbonyl (C=O) groups excluding carboxylic acids is 2. The quantitative estimate of drug-likeness (QED) is 0.761. The van der Waals surface area contributed by atoms with Crippen molar-refractivity contribution in [2.45, 2.75) is 18.9 Å². The van der Waals surface area contributed by atoms with E-state index in [0.29, 0.717) is 26.2 Å². The van der Waals surface area contributed by atoms with Crippen LogP contribution in [0.15, 0.2) is 36.4 Å². The van der Waals surface area contributed by atoms with E-state index in [1.54, 1.807) is 4.90 Å². The zero-order chi connectivity index (χ0) is 17.5. The van der Waals surface area contributed by atoms with Crippen LogP contribution in [0.5, 0.6) is 0 Å². The molecule has 0 bridgehead atoms. The molecule has 134 valence electrons. The zero-order valence-electron chi connectivity index (χ0n) is 14.3. The molecule has 6 nitrogen and oxygen atoms in total. The summed E-state index contributed by atoms with van der Waals surface area (Å²) in [5, 5.41) is 0. The highest BCUT2D eigenvalue weighted by molar-refractivity contribution is 5.83. The molecule has 0 N–H and O–H groups in total. The summed E-state index contributed by atoms with van der Waals surface area (Å²) in [5.74, 6) is -0.0768. The third-order valence-electron chi connectivity index (χ3n) is 4.41. The van der Waals surface area contributed by atoms with Gasteiger partial charge in [-0.05, 0) is 18.4 Å². The van der Waals surface area contributed by atoms with Crippen LogP contribution in [0.3, 0.4) is 0 Å². The van der Waals surface area contributed by atoms with Crippen molar-refractivity contribution in [3.8, 4) is 0 Å². The van der Waals surface area contributed by atoms with Gasteiger partial charge in [-0.15, -0.1) is 0 Å². The number of rotatable bonds is 7. The number of carbonyl (C=O) groups is 2. The minimum atomic E-state index is -0.412. The predicted octanol–water partition coefficient (Wildman–Crippen LogP) is 2.16. The number of hydrogen-bond acceptors (Lipinski definition) is 4. The van der Waals surface area contributed by atoms with E-state index in [2.05, 4.69) is 0 Å². The van der Waals surface area contributed by atoms with Gasteiger partial charge in [0.2, 0.25) is 5.91 Å². The zero-order valence-corrected chi connectivity index (χ0v) is 14.3. The molecule has 0 aromatic heterocycles. The van der Waals surface area contributed by atoms with E-state index >= 15 is 0 Å². The Kier molecular flexibility index (Phi) is 6.06. The maximum absolute atomic E-state index is 12.7. The maximum atomic E-state index is 12.7. The molecule has 6 heteroatoms. The van der Waals surface area contributed by atoms with Crippen LogP contribution in [-0.2, 0) is 14.3 Å². The molecule has 1 atom stereocenters. The molecular formula is C19H24N2O4. The number of benzene rings is 1. The fourth-order valence-electron chi connectivity index (χ4n) is 3.03. The number of nitrogens with zero attached hydrogens (tertiary/aromatic N) is 2. The highest BCUT2D eigenvalue weighted by Crippen LogP contribution is 2.14.